The Labute approximate surface area is 189 Å². The van der Waals surface area contributed by atoms with Crippen molar-refractivity contribution in [2.45, 2.75) is 23.3 Å². The Bertz CT molecular complexity index is 1360. The molecule has 6 heteroatoms. The van der Waals surface area contributed by atoms with Gasteiger partial charge in [0.05, 0.1) is 17.9 Å². The molecule has 1 N–H and O–H groups in total. The van der Waals surface area contributed by atoms with Crippen LogP contribution in [-0.4, -0.2) is 11.6 Å². The molecule has 0 fully saturated rings. The predicted molar refractivity (Wildman–Crippen MR) is 123 cm³/mol. The van der Waals surface area contributed by atoms with Gasteiger partial charge in [0.1, 0.15) is 17.3 Å². The second-order valence-electron chi connectivity index (χ2n) is 7.45. The van der Waals surface area contributed by atoms with Crippen molar-refractivity contribution in [1.82, 2.24) is 5.32 Å². The molecule has 1 amide bonds. The van der Waals surface area contributed by atoms with Crippen LogP contribution >= 0.6 is 11.8 Å². The molecule has 1 aliphatic rings. The molecule has 4 nitrogen and oxygen atoms in total. The minimum atomic E-state index is -0.318. The summed E-state index contributed by atoms with van der Waals surface area (Å²) < 4.78 is 19.5. The third kappa shape index (κ3) is 4.09. The van der Waals surface area contributed by atoms with E-state index in [0.29, 0.717) is 34.8 Å². The van der Waals surface area contributed by atoms with Crippen molar-refractivity contribution < 1.29 is 13.6 Å². The van der Waals surface area contributed by atoms with E-state index in [4.69, 9.17) is 9.41 Å². The lowest BCUT2D eigenvalue weighted by atomic mass is 10.0. The summed E-state index contributed by atoms with van der Waals surface area (Å²) in [4.78, 5) is 19.6. The van der Waals surface area contributed by atoms with Crippen LogP contribution in [0.15, 0.2) is 98.1 Å². The summed E-state index contributed by atoms with van der Waals surface area (Å²) in [5, 5.41) is 2.88. The Kier molecular flexibility index (Phi) is 5.37. The van der Waals surface area contributed by atoms with Crippen molar-refractivity contribution in [1.29, 1.82) is 0 Å². The molecule has 0 unspecified atom stereocenters. The van der Waals surface area contributed by atoms with E-state index >= 15 is 0 Å². The van der Waals surface area contributed by atoms with Crippen LogP contribution in [0.25, 0.3) is 0 Å². The van der Waals surface area contributed by atoms with E-state index in [-0.39, 0.29) is 11.7 Å². The number of hydrogen-bond donors (Lipinski definition) is 1. The van der Waals surface area contributed by atoms with Gasteiger partial charge in [-0.2, -0.15) is 0 Å². The van der Waals surface area contributed by atoms with Gasteiger partial charge in [-0.3, -0.25) is 4.79 Å². The molecule has 3 aromatic carbocycles. The second-order valence-corrected chi connectivity index (χ2v) is 8.53. The zero-order valence-electron chi connectivity index (χ0n) is 17.3. The normalized spacial score (nSPS) is 12.4. The van der Waals surface area contributed by atoms with Gasteiger partial charge < -0.3 is 9.73 Å². The van der Waals surface area contributed by atoms with Gasteiger partial charge in [0.25, 0.3) is 5.91 Å². The van der Waals surface area contributed by atoms with Crippen LogP contribution in [0.5, 0.6) is 0 Å². The van der Waals surface area contributed by atoms with E-state index in [2.05, 4.69) is 5.32 Å². The maximum atomic E-state index is 14.0. The number of amides is 1. The van der Waals surface area contributed by atoms with Crippen molar-refractivity contribution in [3.8, 4) is 0 Å². The molecule has 0 radical (unpaired) electrons. The highest BCUT2D eigenvalue weighted by atomic mass is 32.2. The number of aliphatic imine (C=N–C) groups is 1. The number of aryl methyl sites for hydroxylation is 1. The van der Waals surface area contributed by atoms with E-state index < -0.39 is 0 Å². The van der Waals surface area contributed by atoms with Crippen molar-refractivity contribution in [2.75, 3.05) is 0 Å². The summed E-state index contributed by atoms with van der Waals surface area (Å²) in [7, 11) is 0. The van der Waals surface area contributed by atoms with E-state index in [1.54, 1.807) is 30.0 Å². The number of carbonyl (C=O) groups excluding carboxylic acids is 1. The van der Waals surface area contributed by atoms with Crippen molar-refractivity contribution in [2.24, 2.45) is 4.99 Å². The van der Waals surface area contributed by atoms with E-state index in [0.717, 1.165) is 21.1 Å². The summed E-state index contributed by atoms with van der Waals surface area (Å²) in [6, 6.07) is 23.5. The fourth-order valence-corrected chi connectivity index (χ4v) is 4.59. The number of rotatable bonds is 4. The summed E-state index contributed by atoms with van der Waals surface area (Å²) in [5.74, 6) is 0.968. The summed E-state index contributed by atoms with van der Waals surface area (Å²) >= 11 is 1.58. The third-order valence-corrected chi connectivity index (χ3v) is 6.27. The first-order valence-electron chi connectivity index (χ1n) is 10.2. The Morgan fingerprint density at radius 1 is 1.00 bits per heavy atom. The zero-order valence-corrected chi connectivity index (χ0v) is 18.1. The number of halogens is 1. The van der Waals surface area contributed by atoms with Gasteiger partial charge >= 0.3 is 0 Å². The van der Waals surface area contributed by atoms with E-state index in [9.17, 15) is 9.18 Å². The number of benzene rings is 3. The lowest BCUT2D eigenvalue weighted by Gasteiger charge is -2.09. The number of nitrogens with one attached hydrogen (secondary N) is 1. The van der Waals surface area contributed by atoms with Gasteiger partial charge in [-0.15, -0.1) is 0 Å². The molecule has 0 saturated heterocycles. The second kappa shape index (κ2) is 8.48. The van der Waals surface area contributed by atoms with Gasteiger partial charge in [0.2, 0.25) is 0 Å². The molecule has 1 aromatic heterocycles. The first-order valence-corrected chi connectivity index (χ1v) is 11.0. The zero-order chi connectivity index (χ0) is 22.1. The van der Waals surface area contributed by atoms with Crippen LogP contribution in [0, 0.1) is 12.7 Å². The van der Waals surface area contributed by atoms with E-state index in [1.807, 2.05) is 55.5 Å². The molecule has 0 spiro atoms. The van der Waals surface area contributed by atoms with Crippen molar-refractivity contribution in [3.05, 3.63) is 113 Å². The highest BCUT2D eigenvalue weighted by molar-refractivity contribution is 7.99. The van der Waals surface area contributed by atoms with Gasteiger partial charge in [-0.25, -0.2) is 9.38 Å². The quantitative estimate of drug-likeness (QED) is 0.356. The number of carbonyl (C=O) groups is 1. The first kappa shape index (κ1) is 20.3. The van der Waals surface area contributed by atoms with Crippen LogP contribution in [0.3, 0.4) is 0 Å². The Morgan fingerprint density at radius 2 is 1.88 bits per heavy atom. The van der Waals surface area contributed by atoms with Gasteiger partial charge in [-0.05, 0) is 55.5 Å². The predicted octanol–water partition coefficient (Wildman–Crippen LogP) is 6.29. The highest BCUT2D eigenvalue weighted by Gasteiger charge is 2.20. The molecule has 4 aromatic rings. The minimum absolute atomic E-state index is 0.212. The average molecular weight is 443 g/mol. The Hall–Kier alpha value is -3.64. The van der Waals surface area contributed by atoms with Crippen LogP contribution in [0.1, 0.15) is 33.0 Å². The fraction of sp³-hybridized carbons (Fsp3) is 0.0769. The number of nitrogens with zero attached hydrogens (tertiary/aromatic N) is 1. The first-order chi connectivity index (χ1) is 15.6. The summed E-state index contributed by atoms with van der Waals surface area (Å²) in [5.41, 5.74) is 3.47. The lowest BCUT2D eigenvalue weighted by Crippen LogP contribution is -2.22. The van der Waals surface area contributed by atoms with Crippen molar-refractivity contribution in [3.63, 3.8) is 0 Å². The monoisotopic (exact) mass is 442 g/mol. The van der Waals surface area contributed by atoms with Gasteiger partial charge in [0, 0.05) is 26.5 Å². The molecule has 32 heavy (non-hydrogen) atoms. The Morgan fingerprint density at radius 3 is 2.69 bits per heavy atom. The SMILES string of the molecule is Cc1ccc(CNC(=O)c2ccc3c(c2)N=C(c2cccc(F)c2)c2ccccc2S3)o1. The topological polar surface area (TPSA) is 54.6 Å². The van der Waals surface area contributed by atoms with Gasteiger partial charge in [-0.1, -0.05) is 42.1 Å². The van der Waals surface area contributed by atoms with Crippen LogP contribution in [0.2, 0.25) is 0 Å². The summed E-state index contributed by atoms with van der Waals surface area (Å²) in [6.45, 7) is 2.17. The molecule has 1 aliphatic heterocycles. The smallest absolute Gasteiger partial charge is 0.251 e. The fourth-order valence-electron chi connectivity index (χ4n) is 3.59. The van der Waals surface area contributed by atoms with Crippen LogP contribution in [0.4, 0.5) is 10.1 Å². The molecule has 0 aliphatic carbocycles. The molecular weight excluding hydrogens is 423 g/mol. The van der Waals surface area contributed by atoms with Crippen LogP contribution in [-0.2, 0) is 6.54 Å². The largest absolute Gasteiger partial charge is 0.465 e. The molecule has 0 bridgehead atoms. The molecule has 5 rings (SSSR count). The number of fused-ring (bicyclic) bond motifs is 2. The minimum Gasteiger partial charge on any atom is -0.465 e. The summed E-state index contributed by atoms with van der Waals surface area (Å²) in [6.07, 6.45) is 0. The lowest BCUT2D eigenvalue weighted by molar-refractivity contribution is 0.0948. The van der Waals surface area contributed by atoms with Crippen molar-refractivity contribution >= 4 is 29.1 Å². The van der Waals surface area contributed by atoms with E-state index in [1.165, 1.54) is 12.1 Å². The maximum absolute atomic E-state index is 14.0. The molecule has 2 heterocycles. The Balaban J connectivity index is 1.52. The standard InChI is InChI=1S/C26H19FN2O2S/c1-16-9-11-20(31-16)15-28-26(30)18-10-12-24-22(14-18)29-25(17-5-4-6-19(27)13-17)21-7-2-3-8-23(21)32-24/h2-14H,15H2,1H3,(H,28,30). The molecule has 0 atom stereocenters. The highest BCUT2D eigenvalue weighted by Crippen LogP contribution is 2.41. The molecule has 0 saturated carbocycles. The van der Waals surface area contributed by atoms with Gasteiger partial charge in [0.15, 0.2) is 0 Å². The molecular formula is C26H19FN2O2S. The average Bonchev–Trinajstić information content (AvgIpc) is 3.14. The van der Waals surface area contributed by atoms with Crippen LogP contribution < -0.4 is 5.32 Å². The number of hydrogen-bond acceptors (Lipinski definition) is 4. The maximum Gasteiger partial charge on any atom is 0.251 e. The third-order valence-electron chi connectivity index (χ3n) is 5.13. The number of furan rings is 1. The molecule has 158 valence electrons.